The molecule has 0 saturated carbocycles. The summed E-state index contributed by atoms with van der Waals surface area (Å²) >= 11 is 0. The fourth-order valence-corrected chi connectivity index (χ4v) is 2.55. The third kappa shape index (κ3) is 4.68. The summed E-state index contributed by atoms with van der Waals surface area (Å²) in [6.45, 7) is 13.0. The van der Waals surface area contributed by atoms with Crippen LogP contribution in [0.3, 0.4) is 0 Å². The maximum Gasteiger partial charge on any atom is -0.0202 e. The highest BCUT2D eigenvalue weighted by molar-refractivity contribution is 4.95. The summed E-state index contributed by atoms with van der Waals surface area (Å²) in [7, 11) is 0. The van der Waals surface area contributed by atoms with Gasteiger partial charge in [0.2, 0.25) is 0 Å². The van der Waals surface area contributed by atoms with Gasteiger partial charge in [0.1, 0.15) is 0 Å². The van der Waals surface area contributed by atoms with Gasteiger partial charge in [-0.3, -0.25) is 0 Å². The molecular weight excluding hydrogens is 180 g/mol. The maximum absolute atomic E-state index is 3.99. The maximum atomic E-state index is 3.99. The highest BCUT2D eigenvalue weighted by Gasteiger charge is 2.22. The van der Waals surface area contributed by atoms with E-state index in [4.69, 9.17) is 0 Å². The molecule has 0 aliphatic rings. The van der Waals surface area contributed by atoms with Crippen LogP contribution in [-0.2, 0) is 0 Å². The lowest BCUT2D eigenvalue weighted by Crippen LogP contribution is -2.20. The molecular formula is C15H28. The summed E-state index contributed by atoms with van der Waals surface area (Å²) in [4.78, 5) is 0. The summed E-state index contributed by atoms with van der Waals surface area (Å²) in [5.74, 6) is 2.21. The molecule has 15 heavy (non-hydrogen) atoms. The van der Waals surface area contributed by atoms with Gasteiger partial charge in [0, 0.05) is 0 Å². The Labute approximate surface area is 96.5 Å². The third-order valence-electron chi connectivity index (χ3n) is 3.41. The first-order valence-corrected chi connectivity index (χ1v) is 6.50. The average molecular weight is 208 g/mol. The lowest BCUT2D eigenvalue weighted by molar-refractivity contribution is 0.271. The molecule has 0 aliphatic heterocycles. The zero-order valence-electron chi connectivity index (χ0n) is 11.0. The first-order chi connectivity index (χ1) is 7.24. The van der Waals surface area contributed by atoms with Crippen LogP contribution in [0.5, 0.6) is 0 Å². The van der Waals surface area contributed by atoms with Gasteiger partial charge in [0.05, 0.1) is 0 Å². The van der Waals surface area contributed by atoms with Crippen molar-refractivity contribution in [2.24, 2.45) is 17.8 Å². The van der Waals surface area contributed by atoms with Gasteiger partial charge >= 0.3 is 0 Å². The van der Waals surface area contributed by atoms with Crippen LogP contribution >= 0.6 is 0 Å². The molecule has 88 valence electrons. The Hall–Kier alpha value is -0.520. The van der Waals surface area contributed by atoms with Gasteiger partial charge in [-0.05, 0) is 43.9 Å². The summed E-state index contributed by atoms with van der Waals surface area (Å²) < 4.78 is 0. The molecule has 0 heteroatoms. The van der Waals surface area contributed by atoms with Crippen molar-refractivity contribution >= 4 is 0 Å². The Kier molecular flexibility index (Phi) is 8.46. The highest BCUT2D eigenvalue weighted by atomic mass is 14.3. The Balaban J connectivity index is 4.64. The van der Waals surface area contributed by atoms with E-state index in [0.717, 1.165) is 11.8 Å². The van der Waals surface area contributed by atoms with Gasteiger partial charge in [-0.1, -0.05) is 45.4 Å². The topological polar surface area (TPSA) is 0 Å². The molecule has 0 aliphatic carbocycles. The second-order valence-electron chi connectivity index (χ2n) is 4.36. The molecule has 3 atom stereocenters. The first kappa shape index (κ1) is 14.5. The van der Waals surface area contributed by atoms with Gasteiger partial charge < -0.3 is 0 Å². The van der Waals surface area contributed by atoms with E-state index >= 15 is 0 Å². The number of hydrogen-bond donors (Lipinski definition) is 0. The molecule has 0 aromatic heterocycles. The molecule has 0 spiro atoms. The Morgan fingerprint density at radius 1 is 1.07 bits per heavy atom. The molecule has 0 bridgehead atoms. The van der Waals surface area contributed by atoms with Crippen molar-refractivity contribution in [1.82, 2.24) is 0 Å². The van der Waals surface area contributed by atoms with Crippen molar-refractivity contribution in [3.05, 3.63) is 24.8 Å². The standard InChI is InChI=1S/C15H28/c1-6-11-14(10-5)15(12-7-2)13(8-3)9-4/h6,8,11,13-15H,3,7,9-10,12H2,1-2,4-5H3. The number of rotatable bonds is 8. The van der Waals surface area contributed by atoms with E-state index in [9.17, 15) is 0 Å². The molecule has 0 heterocycles. The molecule has 0 fully saturated rings. The monoisotopic (exact) mass is 208 g/mol. The summed E-state index contributed by atoms with van der Waals surface area (Å²) in [6, 6.07) is 0. The molecule has 0 saturated heterocycles. The summed E-state index contributed by atoms with van der Waals surface area (Å²) in [5.41, 5.74) is 0. The van der Waals surface area contributed by atoms with Crippen molar-refractivity contribution in [3.8, 4) is 0 Å². The second-order valence-corrected chi connectivity index (χ2v) is 4.36. The second kappa shape index (κ2) is 8.76. The molecule has 0 aromatic carbocycles. The van der Waals surface area contributed by atoms with Gasteiger partial charge in [-0.25, -0.2) is 0 Å². The van der Waals surface area contributed by atoms with Gasteiger partial charge in [-0.2, -0.15) is 0 Å². The largest absolute Gasteiger partial charge is 0.103 e. The minimum atomic E-state index is 0.686. The molecule has 0 nitrogen and oxygen atoms in total. The quantitative estimate of drug-likeness (QED) is 0.480. The van der Waals surface area contributed by atoms with Gasteiger partial charge in [-0.15, -0.1) is 6.58 Å². The molecule has 0 radical (unpaired) electrons. The van der Waals surface area contributed by atoms with E-state index in [-0.39, 0.29) is 0 Å². The lowest BCUT2D eigenvalue weighted by atomic mass is 9.76. The third-order valence-corrected chi connectivity index (χ3v) is 3.41. The number of allylic oxidation sites excluding steroid dienone is 3. The van der Waals surface area contributed by atoms with Crippen molar-refractivity contribution < 1.29 is 0 Å². The molecule has 0 aromatic rings. The zero-order valence-corrected chi connectivity index (χ0v) is 11.0. The van der Waals surface area contributed by atoms with Crippen LogP contribution in [0.1, 0.15) is 53.4 Å². The van der Waals surface area contributed by atoms with Crippen LogP contribution in [0.2, 0.25) is 0 Å². The van der Waals surface area contributed by atoms with Gasteiger partial charge in [0.15, 0.2) is 0 Å². The summed E-state index contributed by atoms with van der Waals surface area (Å²) in [5, 5.41) is 0. The van der Waals surface area contributed by atoms with Crippen molar-refractivity contribution in [2.75, 3.05) is 0 Å². The van der Waals surface area contributed by atoms with Crippen LogP contribution in [0.4, 0.5) is 0 Å². The summed E-state index contributed by atoms with van der Waals surface area (Å²) in [6.07, 6.45) is 11.8. The van der Waals surface area contributed by atoms with Crippen molar-refractivity contribution in [1.29, 1.82) is 0 Å². The van der Waals surface area contributed by atoms with Crippen LogP contribution in [-0.4, -0.2) is 0 Å². The van der Waals surface area contributed by atoms with E-state index < -0.39 is 0 Å². The average Bonchev–Trinajstić information content (AvgIpc) is 2.26. The minimum Gasteiger partial charge on any atom is -0.103 e. The van der Waals surface area contributed by atoms with Crippen LogP contribution in [0.15, 0.2) is 24.8 Å². The van der Waals surface area contributed by atoms with E-state index in [1.54, 1.807) is 0 Å². The SMILES string of the molecule is C=CC(CC)C(CCC)C(C=CC)CC. The Bertz CT molecular complexity index is 178. The molecule has 3 unspecified atom stereocenters. The molecule has 0 N–H and O–H groups in total. The highest BCUT2D eigenvalue weighted by Crippen LogP contribution is 2.32. The van der Waals surface area contributed by atoms with Crippen molar-refractivity contribution in [3.63, 3.8) is 0 Å². The normalized spacial score (nSPS) is 17.6. The lowest BCUT2D eigenvalue weighted by Gasteiger charge is -2.29. The van der Waals surface area contributed by atoms with Crippen LogP contribution in [0, 0.1) is 17.8 Å². The Morgan fingerprint density at radius 2 is 1.67 bits per heavy atom. The van der Waals surface area contributed by atoms with E-state index in [0.29, 0.717) is 5.92 Å². The molecule has 0 amide bonds. The fourth-order valence-electron chi connectivity index (χ4n) is 2.55. The zero-order chi connectivity index (χ0) is 11.7. The predicted molar refractivity (Wildman–Crippen MR) is 71.0 cm³/mol. The van der Waals surface area contributed by atoms with Crippen LogP contribution in [0.25, 0.3) is 0 Å². The molecule has 0 rings (SSSR count). The first-order valence-electron chi connectivity index (χ1n) is 6.50. The van der Waals surface area contributed by atoms with E-state index in [1.165, 1.54) is 25.7 Å². The minimum absolute atomic E-state index is 0.686. The fraction of sp³-hybridized carbons (Fsp3) is 0.733. The van der Waals surface area contributed by atoms with Crippen LogP contribution < -0.4 is 0 Å². The smallest absolute Gasteiger partial charge is 0.0202 e. The van der Waals surface area contributed by atoms with Gasteiger partial charge in [0.25, 0.3) is 0 Å². The van der Waals surface area contributed by atoms with E-state index in [2.05, 4.69) is 52.5 Å². The van der Waals surface area contributed by atoms with Crippen molar-refractivity contribution in [2.45, 2.75) is 53.4 Å². The number of hydrogen-bond acceptors (Lipinski definition) is 0. The van der Waals surface area contributed by atoms with E-state index in [1.807, 2.05) is 0 Å². The Morgan fingerprint density at radius 3 is 2.00 bits per heavy atom. The predicted octanol–water partition coefficient (Wildman–Crippen LogP) is 5.22.